The first-order valence-corrected chi connectivity index (χ1v) is 6.55. The zero-order valence-electron chi connectivity index (χ0n) is 10.9. The standard InChI is InChI=1S/C11H17N3O4S/c1-8-7-19-9(13-8)5-12-11(17)14(3-4-18-2)6-10(15)16/h7H,3-6H2,1-2H3,(H,12,17)(H,15,16). The second-order valence-electron chi connectivity index (χ2n) is 3.85. The number of rotatable bonds is 7. The summed E-state index contributed by atoms with van der Waals surface area (Å²) in [7, 11) is 1.50. The van der Waals surface area contributed by atoms with Gasteiger partial charge in [0.2, 0.25) is 0 Å². The number of aromatic nitrogens is 1. The number of carbonyl (C=O) groups is 2. The molecule has 8 heteroatoms. The molecule has 0 spiro atoms. The third-order valence-corrected chi connectivity index (χ3v) is 3.20. The van der Waals surface area contributed by atoms with Crippen molar-refractivity contribution in [2.24, 2.45) is 0 Å². The fourth-order valence-corrected chi connectivity index (χ4v) is 2.08. The Balaban J connectivity index is 2.48. The van der Waals surface area contributed by atoms with E-state index in [4.69, 9.17) is 9.84 Å². The van der Waals surface area contributed by atoms with Crippen molar-refractivity contribution in [2.45, 2.75) is 13.5 Å². The number of carboxylic acids is 1. The van der Waals surface area contributed by atoms with E-state index in [9.17, 15) is 9.59 Å². The molecule has 0 saturated carbocycles. The van der Waals surface area contributed by atoms with Crippen molar-refractivity contribution in [3.05, 3.63) is 16.1 Å². The van der Waals surface area contributed by atoms with Crippen molar-refractivity contribution in [3.63, 3.8) is 0 Å². The molecule has 0 atom stereocenters. The molecule has 2 N–H and O–H groups in total. The lowest BCUT2D eigenvalue weighted by Crippen LogP contribution is -2.44. The number of amides is 2. The second-order valence-corrected chi connectivity index (χ2v) is 4.79. The summed E-state index contributed by atoms with van der Waals surface area (Å²) in [4.78, 5) is 27.9. The van der Waals surface area contributed by atoms with Gasteiger partial charge in [-0.25, -0.2) is 9.78 Å². The highest BCUT2D eigenvalue weighted by atomic mass is 32.1. The van der Waals surface area contributed by atoms with E-state index in [1.165, 1.54) is 23.3 Å². The predicted octanol–water partition coefficient (Wildman–Crippen LogP) is 0.694. The number of nitrogens with one attached hydrogen (secondary N) is 1. The van der Waals surface area contributed by atoms with Crippen LogP contribution < -0.4 is 5.32 Å². The van der Waals surface area contributed by atoms with E-state index in [0.29, 0.717) is 6.54 Å². The fraction of sp³-hybridized carbons (Fsp3) is 0.545. The third-order valence-electron chi connectivity index (χ3n) is 2.24. The predicted molar refractivity (Wildman–Crippen MR) is 70.2 cm³/mol. The van der Waals surface area contributed by atoms with Crippen molar-refractivity contribution >= 4 is 23.3 Å². The summed E-state index contributed by atoms with van der Waals surface area (Å²) in [5.41, 5.74) is 0.899. The third kappa shape index (κ3) is 5.66. The molecule has 0 aromatic carbocycles. The van der Waals surface area contributed by atoms with Crippen molar-refractivity contribution < 1.29 is 19.4 Å². The Bertz CT molecular complexity index is 435. The molecule has 1 heterocycles. The zero-order valence-corrected chi connectivity index (χ0v) is 11.7. The number of aliphatic carboxylic acids is 1. The lowest BCUT2D eigenvalue weighted by molar-refractivity contribution is -0.137. The molecule has 0 aliphatic heterocycles. The summed E-state index contributed by atoms with van der Waals surface area (Å²) in [5.74, 6) is -1.06. The molecule has 0 saturated heterocycles. The van der Waals surface area contributed by atoms with Crippen LogP contribution in [0.2, 0.25) is 0 Å². The van der Waals surface area contributed by atoms with Crippen molar-refractivity contribution in [1.82, 2.24) is 15.2 Å². The summed E-state index contributed by atoms with van der Waals surface area (Å²) in [6.07, 6.45) is 0. The van der Waals surface area contributed by atoms with Crippen molar-refractivity contribution in [3.8, 4) is 0 Å². The van der Waals surface area contributed by atoms with Crippen LogP contribution in [0.1, 0.15) is 10.7 Å². The van der Waals surface area contributed by atoms with E-state index in [0.717, 1.165) is 10.7 Å². The van der Waals surface area contributed by atoms with Gasteiger partial charge in [0.05, 0.1) is 13.2 Å². The molecular formula is C11H17N3O4S. The van der Waals surface area contributed by atoms with Crippen LogP contribution in [0.4, 0.5) is 4.79 Å². The van der Waals surface area contributed by atoms with E-state index in [2.05, 4.69) is 10.3 Å². The maximum atomic E-state index is 11.8. The molecule has 106 valence electrons. The zero-order chi connectivity index (χ0) is 14.3. The molecule has 2 amide bonds. The number of carbonyl (C=O) groups excluding carboxylic acids is 1. The van der Waals surface area contributed by atoms with Gasteiger partial charge in [-0.05, 0) is 6.92 Å². The molecular weight excluding hydrogens is 270 g/mol. The highest BCUT2D eigenvalue weighted by Crippen LogP contribution is 2.08. The number of urea groups is 1. The van der Waals surface area contributed by atoms with E-state index < -0.39 is 12.0 Å². The first kappa shape index (κ1) is 15.4. The van der Waals surface area contributed by atoms with Crippen LogP contribution in [0.25, 0.3) is 0 Å². The summed E-state index contributed by atoms with van der Waals surface area (Å²) in [6.45, 7) is 2.33. The van der Waals surface area contributed by atoms with Gasteiger partial charge in [0.1, 0.15) is 11.6 Å². The summed E-state index contributed by atoms with van der Waals surface area (Å²) in [6, 6.07) is -0.438. The second kappa shape index (κ2) is 7.70. The van der Waals surface area contributed by atoms with Crippen LogP contribution in [-0.2, 0) is 16.1 Å². The molecule has 7 nitrogen and oxygen atoms in total. The van der Waals surface area contributed by atoms with Crippen LogP contribution in [0.5, 0.6) is 0 Å². The minimum absolute atomic E-state index is 0.228. The first-order chi connectivity index (χ1) is 9.02. The quantitative estimate of drug-likeness (QED) is 0.770. The summed E-state index contributed by atoms with van der Waals surface area (Å²) in [5, 5.41) is 14.1. The van der Waals surface area contributed by atoms with Crippen LogP contribution in [0.3, 0.4) is 0 Å². The average Bonchev–Trinajstić information content (AvgIpc) is 2.77. The summed E-state index contributed by atoms with van der Waals surface area (Å²) < 4.78 is 4.85. The van der Waals surface area contributed by atoms with Crippen LogP contribution in [0.15, 0.2) is 5.38 Å². The lowest BCUT2D eigenvalue weighted by atomic mass is 10.5. The maximum absolute atomic E-state index is 11.8. The molecule has 0 unspecified atom stereocenters. The Morgan fingerprint density at radius 1 is 1.58 bits per heavy atom. The lowest BCUT2D eigenvalue weighted by Gasteiger charge is -2.20. The Morgan fingerprint density at radius 2 is 2.32 bits per heavy atom. The van der Waals surface area contributed by atoms with Gasteiger partial charge >= 0.3 is 12.0 Å². The maximum Gasteiger partial charge on any atom is 0.323 e. The van der Waals surface area contributed by atoms with Crippen molar-refractivity contribution in [2.75, 3.05) is 26.8 Å². The highest BCUT2D eigenvalue weighted by molar-refractivity contribution is 7.09. The first-order valence-electron chi connectivity index (χ1n) is 5.67. The number of aryl methyl sites for hydroxylation is 1. The number of nitrogens with zero attached hydrogens (tertiary/aromatic N) is 2. The fourth-order valence-electron chi connectivity index (χ4n) is 1.36. The molecule has 19 heavy (non-hydrogen) atoms. The van der Waals surface area contributed by atoms with E-state index in [-0.39, 0.29) is 19.7 Å². The molecule has 0 fully saturated rings. The van der Waals surface area contributed by atoms with E-state index >= 15 is 0 Å². The summed E-state index contributed by atoms with van der Waals surface area (Å²) >= 11 is 1.45. The molecule has 0 bridgehead atoms. The highest BCUT2D eigenvalue weighted by Gasteiger charge is 2.16. The molecule has 0 aliphatic carbocycles. The minimum atomic E-state index is -1.06. The molecule has 1 aromatic rings. The number of carboxylic acid groups (broad SMARTS) is 1. The Kier molecular flexibility index (Phi) is 6.23. The van der Waals surface area contributed by atoms with Gasteiger partial charge in [-0.1, -0.05) is 0 Å². The van der Waals surface area contributed by atoms with Gasteiger partial charge in [0.25, 0.3) is 0 Å². The molecule has 0 aliphatic rings. The smallest absolute Gasteiger partial charge is 0.323 e. The monoisotopic (exact) mass is 287 g/mol. The van der Waals surface area contributed by atoms with Gasteiger partial charge in [0, 0.05) is 24.7 Å². The van der Waals surface area contributed by atoms with Crippen LogP contribution >= 0.6 is 11.3 Å². The molecule has 0 radical (unpaired) electrons. The van der Waals surface area contributed by atoms with Crippen molar-refractivity contribution in [1.29, 1.82) is 0 Å². The number of hydrogen-bond donors (Lipinski definition) is 2. The Hall–Kier alpha value is -1.67. The van der Waals surface area contributed by atoms with Crippen LogP contribution in [-0.4, -0.2) is 53.8 Å². The SMILES string of the molecule is COCCN(CC(=O)O)C(=O)NCc1nc(C)cs1. The largest absolute Gasteiger partial charge is 0.480 e. The Morgan fingerprint density at radius 3 is 2.84 bits per heavy atom. The van der Waals surface area contributed by atoms with Gasteiger partial charge in [0.15, 0.2) is 0 Å². The number of methoxy groups -OCH3 is 1. The normalized spacial score (nSPS) is 10.2. The number of thiazole rings is 1. The molecule has 1 rings (SSSR count). The van der Waals surface area contributed by atoms with E-state index in [1.807, 2.05) is 12.3 Å². The van der Waals surface area contributed by atoms with E-state index in [1.54, 1.807) is 0 Å². The minimum Gasteiger partial charge on any atom is -0.480 e. The van der Waals surface area contributed by atoms with Gasteiger partial charge in [-0.15, -0.1) is 11.3 Å². The number of hydrogen-bond acceptors (Lipinski definition) is 5. The Labute approximate surface area is 115 Å². The van der Waals surface area contributed by atoms with Crippen LogP contribution in [0, 0.1) is 6.92 Å². The van der Waals surface area contributed by atoms with Gasteiger partial charge in [-0.3, -0.25) is 4.79 Å². The van der Waals surface area contributed by atoms with Gasteiger partial charge in [-0.2, -0.15) is 0 Å². The van der Waals surface area contributed by atoms with Gasteiger partial charge < -0.3 is 20.1 Å². The molecule has 1 aromatic heterocycles. The number of ether oxygens (including phenoxy) is 1. The topological polar surface area (TPSA) is 91.8 Å². The average molecular weight is 287 g/mol.